The number of aliphatic carboxylic acids is 1. The number of para-hydroxylation sites is 1. The fourth-order valence-corrected chi connectivity index (χ4v) is 4.81. The summed E-state index contributed by atoms with van der Waals surface area (Å²) in [5, 5.41) is 22.6. The number of nitrogens with zero attached hydrogens (tertiary/aromatic N) is 2. The third-order valence-electron chi connectivity index (χ3n) is 5.56. The average molecular weight is 361 g/mol. The number of benzene rings is 1. The maximum atomic E-state index is 13.2. The molecule has 2 bridgehead atoms. The second kappa shape index (κ2) is 6.55. The SMILES string of the molecule is CN1C[C@@]2(C)CN(C(=O)c3ccccc3NCC(=O)O)C[C@](C)(C1)C2O. The van der Waals surface area contributed by atoms with E-state index in [4.69, 9.17) is 5.11 Å². The van der Waals surface area contributed by atoms with Gasteiger partial charge >= 0.3 is 5.97 Å². The van der Waals surface area contributed by atoms with E-state index in [2.05, 4.69) is 10.2 Å². The van der Waals surface area contributed by atoms with Crippen LogP contribution >= 0.6 is 0 Å². The first-order chi connectivity index (χ1) is 12.1. The highest BCUT2D eigenvalue weighted by Gasteiger charge is 2.55. The first kappa shape index (κ1) is 18.7. The first-order valence-corrected chi connectivity index (χ1v) is 8.85. The average Bonchev–Trinajstić information content (AvgIpc) is 2.55. The number of carbonyl (C=O) groups is 2. The van der Waals surface area contributed by atoms with Gasteiger partial charge in [0.1, 0.15) is 6.54 Å². The monoisotopic (exact) mass is 361 g/mol. The van der Waals surface area contributed by atoms with Gasteiger partial charge in [0.05, 0.1) is 11.7 Å². The number of aliphatic hydroxyl groups is 1. The van der Waals surface area contributed by atoms with Gasteiger partial charge in [-0.1, -0.05) is 26.0 Å². The third-order valence-corrected chi connectivity index (χ3v) is 5.56. The molecule has 2 heterocycles. The molecule has 0 saturated carbocycles. The van der Waals surface area contributed by atoms with Crippen LogP contribution in [0.15, 0.2) is 24.3 Å². The zero-order chi connectivity index (χ0) is 19.1. The van der Waals surface area contributed by atoms with Gasteiger partial charge in [0.25, 0.3) is 5.91 Å². The molecule has 3 rings (SSSR count). The summed E-state index contributed by atoms with van der Waals surface area (Å²) in [6, 6.07) is 6.97. The number of anilines is 1. The topological polar surface area (TPSA) is 93.1 Å². The van der Waals surface area contributed by atoms with Crippen molar-refractivity contribution in [2.75, 3.05) is 45.1 Å². The fraction of sp³-hybridized carbons (Fsp3) is 0.579. The molecule has 7 nitrogen and oxygen atoms in total. The van der Waals surface area contributed by atoms with Gasteiger partial charge in [0, 0.05) is 42.7 Å². The van der Waals surface area contributed by atoms with Crippen LogP contribution in [0.5, 0.6) is 0 Å². The van der Waals surface area contributed by atoms with Crippen molar-refractivity contribution in [2.24, 2.45) is 10.8 Å². The minimum atomic E-state index is -0.981. The number of nitrogens with one attached hydrogen (secondary N) is 1. The second-order valence-electron chi connectivity index (χ2n) is 8.34. The smallest absolute Gasteiger partial charge is 0.322 e. The van der Waals surface area contributed by atoms with Crippen LogP contribution in [-0.2, 0) is 4.79 Å². The van der Waals surface area contributed by atoms with E-state index in [1.54, 1.807) is 29.2 Å². The summed E-state index contributed by atoms with van der Waals surface area (Å²) in [5.74, 6) is -1.11. The molecule has 2 aliphatic rings. The van der Waals surface area contributed by atoms with Crippen molar-refractivity contribution in [3.05, 3.63) is 29.8 Å². The van der Waals surface area contributed by atoms with Crippen molar-refractivity contribution in [3.63, 3.8) is 0 Å². The molecule has 1 aromatic rings. The van der Waals surface area contributed by atoms with Crippen molar-refractivity contribution in [2.45, 2.75) is 20.0 Å². The molecule has 7 heteroatoms. The van der Waals surface area contributed by atoms with E-state index >= 15 is 0 Å². The molecule has 1 amide bonds. The molecule has 0 spiro atoms. The predicted molar refractivity (Wildman–Crippen MR) is 98.2 cm³/mol. The second-order valence-corrected chi connectivity index (χ2v) is 8.34. The summed E-state index contributed by atoms with van der Waals surface area (Å²) in [5.41, 5.74) is 0.199. The van der Waals surface area contributed by atoms with Gasteiger partial charge in [-0.15, -0.1) is 0 Å². The van der Waals surface area contributed by atoms with Crippen LogP contribution in [0.4, 0.5) is 5.69 Å². The number of likely N-dealkylation sites (tertiary alicyclic amines) is 2. The summed E-state index contributed by atoms with van der Waals surface area (Å²) in [7, 11) is 2.05. The Bertz CT molecular complexity index is 702. The Balaban J connectivity index is 1.87. The van der Waals surface area contributed by atoms with E-state index in [9.17, 15) is 14.7 Å². The highest BCUT2D eigenvalue weighted by Crippen LogP contribution is 2.45. The van der Waals surface area contributed by atoms with Gasteiger partial charge in [-0.25, -0.2) is 0 Å². The number of hydrogen-bond donors (Lipinski definition) is 3. The lowest BCUT2D eigenvalue weighted by Gasteiger charge is -2.59. The molecule has 2 aliphatic heterocycles. The number of hydrogen-bond acceptors (Lipinski definition) is 5. The molecule has 2 atom stereocenters. The van der Waals surface area contributed by atoms with Crippen LogP contribution in [0, 0.1) is 10.8 Å². The van der Waals surface area contributed by atoms with Crippen molar-refractivity contribution >= 4 is 17.6 Å². The Labute approximate surface area is 153 Å². The summed E-state index contributed by atoms with van der Waals surface area (Å²) < 4.78 is 0. The number of fused-ring (bicyclic) bond motifs is 2. The van der Waals surface area contributed by atoms with Gasteiger partial charge in [0.2, 0.25) is 0 Å². The number of aliphatic hydroxyl groups excluding tert-OH is 1. The maximum Gasteiger partial charge on any atom is 0.322 e. The van der Waals surface area contributed by atoms with Crippen molar-refractivity contribution < 1.29 is 19.8 Å². The molecular weight excluding hydrogens is 334 g/mol. The standard InChI is InChI=1S/C19H27N3O4/c1-18-9-21(3)10-19(2,17(18)26)12-22(11-18)16(25)13-6-4-5-7-14(13)20-8-15(23)24/h4-7,17,20,26H,8-12H2,1-3H3,(H,23,24)/t18-,19-/m0/s1. The van der Waals surface area contributed by atoms with E-state index in [-0.39, 0.29) is 23.3 Å². The predicted octanol–water partition coefficient (Wildman–Crippen LogP) is 0.958. The van der Waals surface area contributed by atoms with E-state index < -0.39 is 12.1 Å². The van der Waals surface area contributed by atoms with Gasteiger partial charge in [-0.3, -0.25) is 9.59 Å². The summed E-state index contributed by atoms with van der Waals surface area (Å²) in [6.07, 6.45) is -0.462. The van der Waals surface area contributed by atoms with Crippen LogP contribution < -0.4 is 5.32 Å². The molecule has 2 saturated heterocycles. The van der Waals surface area contributed by atoms with Crippen LogP contribution in [0.3, 0.4) is 0 Å². The summed E-state index contributed by atoms with van der Waals surface area (Å²) in [6.45, 7) is 6.21. The molecule has 2 fully saturated rings. The number of amides is 1. The van der Waals surface area contributed by atoms with Gasteiger partial charge in [-0.2, -0.15) is 0 Å². The number of carboxylic acid groups (broad SMARTS) is 1. The van der Waals surface area contributed by atoms with Crippen molar-refractivity contribution in [1.82, 2.24) is 9.80 Å². The quantitative estimate of drug-likeness (QED) is 0.740. The molecule has 0 unspecified atom stereocenters. The molecule has 1 aromatic carbocycles. The summed E-state index contributed by atoms with van der Waals surface area (Å²) in [4.78, 5) is 28.1. The fourth-order valence-electron chi connectivity index (χ4n) is 4.81. The lowest BCUT2D eigenvalue weighted by atomic mass is 9.63. The van der Waals surface area contributed by atoms with Crippen LogP contribution in [-0.4, -0.2) is 77.8 Å². The number of rotatable bonds is 4. The Hall–Kier alpha value is -2.12. The van der Waals surface area contributed by atoms with Crippen LogP contribution in [0.1, 0.15) is 24.2 Å². The van der Waals surface area contributed by atoms with Gasteiger partial charge in [-0.05, 0) is 19.2 Å². The molecule has 3 N–H and O–H groups in total. The molecule has 142 valence electrons. The largest absolute Gasteiger partial charge is 0.480 e. The normalized spacial score (nSPS) is 31.5. The molecular formula is C19H27N3O4. The summed E-state index contributed by atoms with van der Waals surface area (Å²) >= 11 is 0. The maximum absolute atomic E-state index is 13.2. The number of carbonyl (C=O) groups excluding carboxylic acids is 1. The van der Waals surface area contributed by atoms with E-state index in [0.29, 0.717) is 24.3 Å². The van der Waals surface area contributed by atoms with E-state index in [1.165, 1.54) is 0 Å². The molecule has 0 radical (unpaired) electrons. The van der Waals surface area contributed by atoms with Crippen molar-refractivity contribution in [1.29, 1.82) is 0 Å². The number of piperidine rings is 2. The van der Waals surface area contributed by atoms with Gasteiger partial charge in [0.15, 0.2) is 0 Å². The lowest BCUT2D eigenvalue weighted by Crippen LogP contribution is -2.70. The Morgan fingerprint density at radius 3 is 2.31 bits per heavy atom. The zero-order valence-electron chi connectivity index (χ0n) is 15.5. The van der Waals surface area contributed by atoms with Gasteiger partial charge < -0.3 is 25.3 Å². The lowest BCUT2D eigenvalue weighted by molar-refractivity contribution is -0.161. The van der Waals surface area contributed by atoms with Crippen LogP contribution in [0.25, 0.3) is 0 Å². The Kier molecular flexibility index (Phi) is 4.71. The van der Waals surface area contributed by atoms with E-state index in [1.807, 2.05) is 20.9 Å². The number of carboxylic acids is 1. The minimum Gasteiger partial charge on any atom is -0.480 e. The molecule has 0 aliphatic carbocycles. The molecule has 0 aromatic heterocycles. The Morgan fingerprint density at radius 1 is 1.15 bits per heavy atom. The molecule has 26 heavy (non-hydrogen) atoms. The highest BCUT2D eigenvalue weighted by atomic mass is 16.4. The van der Waals surface area contributed by atoms with Crippen LogP contribution in [0.2, 0.25) is 0 Å². The third kappa shape index (κ3) is 3.29. The minimum absolute atomic E-state index is 0.132. The highest BCUT2D eigenvalue weighted by molar-refractivity contribution is 6.00. The van der Waals surface area contributed by atoms with Crippen molar-refractivity contribution in [3.8, 4) is 0 Å². The van der Waals surface area contributed by atoms with E-state index in [0.717, 1.165) is 13.1 Å². The Morgan fingerprint density at radius 2 is 1.73 bits per heavy atom. The zero-order valence-corrected chi connectivity index (χ0v) is 15.5. The first-order valence-electron chi connectivity index (χ1n) is 8.85.